The van der Waals surface area contributed by atoms with Crippen molar-refractivity contribution in [3.8, 4) is 11.4 Å². The van der Waals surface area contributed by atoms with Gasteiger partial charge in [-0.15, -0.1) is 0 Å². The molecule has 0 bridgehead atoms. The maximum absolute atomic E-state index is 4.03. The molecule has 0 spiro atoms. The van der Waals surface area contributed by atoms with Crippen LogP contribution in [0.5, 0.6) is 0 Å². The van der Waals surface area contributed by atoms with Crippen molar-refractivity contribution in [3.63, 3.8) is 0 Å². The fourth-order valence-electron chi connectivity index (χ4n) is 2.31. The lowest BCUT2D eigenvalue weighted by molar-refractivity contribution is 1.02. The normalized spacial score (nSPS) is 9.72. The lowest BCUT2D eigenvalue weighted by atomic mass is 10.2. The van der Waals surface area contributed by atoms with Gasteiger partial charge >= 0.3 is 0 Å². The van der Waals surface area contributed by atoms with E-state index in [1.54, 1.807) is 43.8 Å². The predicted molar refractivity (Wildman–Crippen MR) is 131 cm³/mol. The minimum atomic E-state index is 1.09. The van der Waals surface area contributed by atoms with Gasteiger partial charge in [-0.05, 0) is 81.6 Å². The van der Waals surface area contributed by atoms with Crippen molar-refractivity contribution in [2.45, 2.75) is 0 Å². The number of aromatic amines is 1. The van der Waals surface area contributed by atoms with Crippen molar-refractivity contribution in [1.82, 2.24) is 29.1 Å². The topological polar surface area (TPSA) is 64.3 Å². The highest BCUT2D eigenvalue weighted by Crippen LogP contribution is 2.13. The van der Waals surface area contributed by atoms with Gasteiger partial charge in [0.25, 0.3) is 0 Å². The molecule has 0 radical (unpaired) electrons. The summed E-state index contributed by atoms with van der Waals surface area (Å²) in [7, 11) is 0. The van der Waals surface area contributed by atoms with Gasteiger partial charge in [0.1, 0.15) is 0 Å². The number of hydrogen-bond donors (Lipinski definition) is 1. The Kier molecular flexibility index (Phi) is 8.43. The van der Waals surface area contributed by atoms with E-state index in [1.807, 2.05) is 39.7 Å². The summed E-state index contributed by atoms with van der Waals surface area (Å²) in [6.45, 7) is 0. The Morgan fingerprint density at radius 2 is 1.28 bits per heavy atom. The summed E-state index contributed by atoms with van der Waals surface area (Å²) in [6, 6.07) is 16.6. The lowest BCUT2D eigenvalue weighted by Gasteiger charge is -2.06. The van der Waals surface area contributed by atoms with Crippen LogP contribution in [0, 0.1) is 7.14 Å². The highest BCUT2D eigenvalue weighted by atomic mass is 127. The molecule has 8 heteroatoms. The summed E-state index contributed by atoms with van der Waals surface area (Å²) in [5.74, 6) is 0. The second-order valence-electron chi connectivity index (χ2n) is 5.66. The molecule has 0 unspecified atom stereocenters. The van der Waals surface area contributed by atoms with Crippen molar-refractivity contribution in [1.29, 1.82) is 0 Å². The standard InChI is InChI=1S/C12H10N4.C6H4I2.C3H4N2/c1-2-11(15-6-4-13-9-15)8-12(3-1)16-7-5-14-10-16;7-5-2-1-3-6(8)4-5;1-2-5-3-4-1/h1-10H;1-4H;1-3H,(H,4,5). The van der Waals surface area contributed by atoms with E-state index in [0.29, 0.717) is 0 Å². The number of halogens is 2. The first-order valence-corrected chi connectivity index (χ1v) is 10.8. The molecule has 1 N–H and O–H groups in total. The maximum Gasteiger partial charge on any atom is 0.0991 e. The summed E-state index contributed by atoms with van der Waals surface area (Å²) < 4.78 is 6.55. The van der Waals surface area contributed by atoms with Crippen LogP contribution in [0.1, 0.15) is 0 Å². The monoisotopic (exact) mass is 608 g/mol. The van der Waals surface area contributed by atoms with E-state index in [-0.39, 0.29) is 0 Å². The van der Waals surface area contributed by atoms with E-state index < -0.39 is 0 Å². The third-order valence-electron chi connectivity index (χ3n) is 3.63. The van der Waals surface area contributed by atoms with Gasteiger partial charge in [0.05, 0.1) is 19.0 Å². The Bertz CT molecular complexity index is 990. The average molecular weight is 608 g/mol. The number of imidazole rings is 3. The molecule has 0 saturated heterocycles. The zero-order valence-electron chi connectivity index (χ0n) is 15.3. The van der Waals surface area contributed by atoms with Crippen LogP contribution in [0.25, 0.3) is 11.4 Å². The van der Waals surface area contributed by atoms with Crippen LogP contribution < -0.4 is 0 Å². The molecule has 0 aliphatic rings. The second-order valence-corrected chi connectivity index (χ2v) is 8.15. The zero-order chi connectivity index (χ0) is 20.3. The van der Waals surface area contributed by atoms with Gasteiger partial charge in [-0.3, -0.25) is 0 Å². The molecule has 0 aliphatic heterocycles. The molecule has 0 atom stereocenters. The summed E-state index contributed by atoms with van der Waals surface area (Å²) in [5, 5.41) is 0. The number of benzene rings is 2. The molecular weight excluding hydrogens is 590 g/mol. The van der Waals surface area contributed by atoms with Gasteiger partial charge < -0.3 is 14.1 Å². The molecule has 5 rings (SSSR count). The molecule has 29 heavy (non-hydrogen) atoms. The van der Waals surface area contributed by atoms with E-state index in [2.05, 4.69) is 95.4 Å². The SMILES string of the molecule is Ic1cccc(I)c1.c1c[nH]cn1.c1cc(-n2ccnc2)cc(-n2ccnc2)c1. The van der Waals surface area contributed by atoms with E-state index in [9.17, 15) is 0 Å². The molecule has 2 aromatic carbocycles. The molecule has 0 fully saturated rings. The van der Waals surface area contributed by atoms with Crippen LogP contribution in [0.2, 0.25) is 0 Å². The highest BCUT2D eigenvalue weighted by Gasteiger charge is 1.98. The Morgan fingerprint density at radius 3 is 1.62 bits per heavy atom. The van der Waals surface area contributed by atoms with Crippen LogP contribution in [-0.2, 0) is 0 Å². The van der Waals surface area contributed by atoms with Crippen LogP contribution in [0.15, 0.2) is 105 Å². The molecular formula is C21H18I2N6. The molecule has 3 heterocycles. The summed E-state index contributed by atoms with van der Waals surface area (Å²) >= 11 is 4.60. The van der Waals surface area contributed by atoms with Crippen LogP contribution in [0.3, 0.4) is 0 Å². The first-order valence-electron chi connectivity index (χ1n) is 8.63. The van der Waals surface area contributed by atoms with Crippen LogP contribution >= 0.6 is 45.2 Å². The molecule has 6 nitrogen and oxygen atoms in total. The summed E-state index contributed by atoms with van der Waals surface area (Å²) in [4.78, 5) is 14.5. The van der Waals surface area contributed by atoms with Crippen molar-refractivity contribution < 1.29 is 0 Å². The van der Waals surface area contributed by atoms with E-state index in [1.165, 1.54) is 7.14 Å². The third kappa shape index (κ3) is 7.13. The lowest BCUT2D eigenvalue weighted by Crippen LogP contribution is -1.94. The average Bonchev–Trinajstić information content (AvgIpc) is 3.54. The smallest absolute Gasteiger partial charge is 0.0991 e. The van der Waals surface area contributed by atoms with Gasteiger partial charge in [0, 0.05) is 55.7 Å². The van der Waals surface area contributed by atoms with E-state index >= 15 is 0 Å². The molecule has 3 aromatic heterocycles. The Hall–Kier alpha value is -2.47. The highest BCUT2D eigenvalue weighted by molar-refractivity contribution is 14.1. The maximum atomic E-state index is 4.03. The number of aromatic nitrogens is 6. The number of hydrogen-bond acceptors (Lipinski definition) is 3. The van der Waals surface area contributed by atoms with Crippen LogP contribution in [0.4, 0.5) is 0 Å². The Balaban J connectivity index is 0.000000153. The molecule has 0 aliphatic carbocycles. The molecule has 146 valence electrons. The predicted octanol–water partition coefficient (Wildman–Crippen LogP) is 5.36. The summed E-state index contributed by atoms with van der Waals surface area (Å²) in [5.41, 5.74) is 2.17. The van der Waals surface area contributed by atoms with Gasteiger partial charge in [0.15, 0.2) is 0 Å². The van der Waals surface area contributed by atoms with Gasteiger partial charge in [-0.1, -0.05) is 12.1 Å². The first-order chi connectivity index (χ1) is 14.2. The number of H-pyrrole nitrogens is 1. The molecule has 0 amide bonds. The van der Waals surface area contributed by atoms with Crippen molar-refractivity contribution in [3.05, 3.63) is 112 Å². The number of nitrogens with zero attached hydrogens (tertiary/aromatic N) is 5. The molecule has 0 saturated carbocycles. The quantitative estimate of drug-likeness (QED) is 0.275. The van der Waals surface area contributed by atoms with Gasteiger partial charge in [-0.25, -0.2) is 15.0 Å². The first kappa shape index (κ1) is 21.2. The fourth-order valence-corrected chi connectivity index (χ4v) is 4.00. The molecule has 5 aromatic rings. The Morgan fingerprint density at radius 1 is 0.690 bits per heavy atom. The largest absolute Gasteiger partial charge is 0.351 e. The van der Waals surface area contributed by atoms with Crippen molar-refractivity contribution in [2.75, 3.05) is 0 Å². The van der Waals surface area contributed by atoms with Gasteiger partial charge in [-0.2, -0.15) is 0 Å². The van der Waals surface area contributed by atoms with E-state index in [0.717, 1.165) is 11.4 Å². The Labute approximate surface area is 196 Å². The van der Waals surface area contributed by atoms with Crippen LogP contribution in [-0.4, -0.2) is 29.1 Å². The zero-order valence-corrected chi connectivity index (χ0v) is 19.6. The number of nitrogens with one attached hydrogen (secondary N) is 1. The van der Waals surface area contributed by atoms with Gasteiger partial charge in [0.2, 0.25) is 0 Å². The fraction of sp³-hybridized carbons (Fsp3) is 0. The minimum Gasteiger partial charge on any atom is -0.351 e. The number of rotatable bonds is 2. The summed E-state index contributed by atoms with van der Waals surface area (Å²) in [6.07, 6.45) is 16.0. The van der Waals surface area contributed by atoms with Crippen molar-refractivity contribution in [2.24, 2.45) is 0 Å². The minimum absolute atomic E-state index is 1.09. The van der Waals surface area contributed by atoms with Crippen molar-refractivity contribution >= 4 is 45.2 Å². The van der Waals surface area contributed by atoms with E-state index in [4.69, 9.17) is 0 Å². The second kappa shape index (κ2) is 11.5. The third-order valence-corrected chi connectivity index (χ3v) is 4.97.